The van der Waals surface area contributed by atoms with Crippen LogP contribution in [0.5, 0.6) is 0 Å². The smallest absolute Gasteiger partial charge is 0.312 e. The van der Waals surface area contributed by atoms with E-state index in [0.717, 1.165) is 0 Å². The number of primary amides is 1. The molecule has 4 heteroatoms. The van der Waals surface area contributed by atoms with Gasteiger partial charge in [0.2, 0.25) is 0 Å². The Morgan fingerprint density at radius 2 is 2.29 bits per heavy atom. The number of nitrogens with two attached hydrogens (primary N) is 1. The van der Waals surface area contributed by atoms with Crippen molar-refractivity contribution in [2.75, 3.05) is 6.54 Å². The lowest BCUT2D eigenvalue weighted by Gasteiger charge is -1.88. The van der Waals surface area contributed by atoms with E-state index in [9.17, 15) is 4.79 Å². The first-order valence-corrected chi connectivity index (χ1v) is 1.80. The van der Waals surface area contributed by atoms with E-state index in [0.29, 0.717) is 6.54 Å². The zero-order valence-corrected chi connectivity index (χ0v) is 5.19. The Kier molecular flexibility index (Phi) is 7.86. The highest BCUT2D eigenvalue weighted by atomic mass is 32.1. The largest absolute Gasteiger partial charge is 0.352 e. The molecule has 0 aliphatic rings. The van der Waals surface area contributed by atoms with Gasteiger partial charge in [-0.2, -0.15) is 13.5 Å². The number of carbonyl (C=O) groups excluding carboxylic acids is 1. The second-order valence-electron chi connectivity index (χ2n) is 0.895. The van der Waals surface area contributed by atoms with Crippen molar-refractivity contribution >= 4 is 19.5 Å². The van der Waals surface area contributed by atoms with Crippen LogP contribution in [0.2, 0.25) is 0 Å². The molecule has 44 valence electrons. The van der Waals surface area contributed by atoms with E-state index in [4.69, 9.17) is 0 Å². The van der Waals surface area contributed by atoms with E-state index in [-0.39, 0.29) is 13.5 Å². The van der Waals surface area contributed by atoms with Crippen LogP contribution in [0.4, 0.5) is 4.79 Å². The summed E-state index contributed by atoms with van der Waals surface area (Å²) in [5.74, 6) is 0. The van der Waals surface area contributed by atoms with Gasteiger partial charge in [0.05, 0.1) is 0 Å². The fraction of sp³-hybridized carbons (Fsp3) is 0.667. The third kappa shape index (κ3) is 10.7. The first kappa shape index (κ1) is 9.80. The molecule has 0 rings (SSSR count). The zero-order chi connectivity index (χ0) is 4.99. The maximum absolute atomic E-state index is 9.71. The molecule has 0 saturated carbocycles. The van der Waals surface area contributed by atoms with Crippen molar-refractivity contribution in [1.82, 2.24) is 5.32 Å². The van der Waals surface area contributed by atoms with Crippen LogP contribution >= 0.6 is 13.5 Å². The van der Waals surface area contributed by atoms with E-state index in [2.05, 4.69) is 11.1 Å². The van der Waals surface area contributed by atoms with Gasteiger partial charge in [-0.1, -0.05) is 0 Å². The first-order valence-electron chi connectivity index (χ1n) is 1.80. The molecule has 0 heterocycles. The van der Waals surface area contributed by atoms with Crippen LogP contribution < -0.4 is 11.1 Å². The Hall–Kier alpha value is -0.380. The monoisotopic (exact) mass is 122 g/mol. The summed E-state index contributed by atoms with van der Waals surface area (Å²) in [6.45, 7) is 2.42. The molecule has 0 fully saturated rings. The molecule has 0 aliphatic heterocycles. The van der Waals surface area contributed by atoms with E-state index in [1.54, 1.807) is 0 Å². The fourth-order valence-electron chi connectivity index (χ4n) is 0.174. The lowest BCUT2D eigenvalue weighted by atomic mass is 10.7. The highest BCUT2D eigenvalue weighted by Crippen LogP contribution is 1.49. The van der Waals surface area contributed by atoms with Gasteiger partial charge >= 0.3 is 6.03 Å². The Morgan fingerprint density at radius 3 is 2.29 bits per heavy atom. The molecule has 3 N–H and O–H groups in total. The Balaban J connectivity index is 0. The van der Waals surface area contributed by atoms with Crippen LogP contribution in [0.25, 0.3) is 0 Å². The first-order chi connectivity index (χ1) is 2.77. The van der Waals surface area contributed by atoms with Gasteiger partial charge in [0.1, 0.15) is 0 Å². The van der Waals surface area contributed by atoms with Crippen molar-refractivity contribution in [3.63, 3.8) is 0 Å². The molecular weight excluding hydrogens is 112 g/mol. The van der Waals surface area contributed by atoms with Crippen LogP contribution in [0.15, 0.2) is 0 Å². The molecule has 0 aliphatic carbocycles. The molecule has 0 aromatic carbocycles. The Labute approximate surface area is 49.7 Å². The van der Waals surface area contributed by atoms with Gasteiger partial charge in [0.15, 0.2) is 0 Å². The zero-order valence-electron chi connectivity index (χ0n) is 4.19. The van der Waals surface area contributed by atoms with Crippen LogP contribution in [-0.2, 0) is 0 Å². The minimum Gasteiger partial charge on any atom is -0.352 e. The van der Waals surface area contributed by atoms with Crippen LogP contribution in [0.3, 0.4) is 0 Å². The van der Waals surface area contributed by atoms with E-state index >= 15 is 0 Å². The van der Waals surface area contributed by atoms with Crippen LogP contribution in [0.1, 0.15) is 6.92 Å². The van der Waals surface area contributed by atoms with Crippen molar-refractivity contribution in [2.24, 2.45) is 5.73 Å². The highest BCUT2D eigenvalue weighted by molar-refractivity contribution is 7.59. The van der Waals surface area contributed by atoms with E-state index < -0.39 is 6.03 Å². The van der Waals surface area contributed by atoms with E-state index in [1.807, 2.05) is 6.92 Å². The van der Waals surface area contributed by atoms with Crippen molar-refractivity contribution in [2.45, 2.75) is 6.92 Å². The second kappa shape index (κ2) is 5.62. The highest BCUT2D eigenvalue weighted by Gasteiger charge is 1.79. The molecule has 3 nitrogen and oxygen atoms in total. The van der Waals surface area contributed by atoms with Gasteiger partial charge in [0, 0.05) is 6.54 Å². The summed E-state index contributed by atoms with van der Waals surface area (Å²) >= 11 is 0. The summed E-state index contributed by atoms with van der Waals surface area (Å²) in [5.41, 5.74) is 4.65. The summed E-state index contributed by atoms with van der Waals surface area (Å²) in [7, 11) is 0. The van der Waals surface area contributed by atoms with Crippen LogP contribution in [0, 0.1) is 0 Å². The quantitative estimate of drug-likeness (QED) is 0.496. The van der Waals surface area contributed by atoms with Gasteiger partial charge in [-0.3, -0.25) is 0 Å². The predicted octanol–water partition coefficient (Wildman–Crippen LogP) is -0.213. The SMILES string of the molecule is CCNC(N)=O.S. The normalized spacial score (nSPS) is 6.43. The number of rotatable bonds is 1. The minimum absolute atomic E-state index is 0. The lowest BCUT2D eigenvalue weighted by Crippen LogP contribution is -2.28. The summed E-state index contributed by atoms with van der Waals surface area (Å²) in [5, 5.41) is 2.35. The summed E-state index contributed by atoms with van der Waals surface area (Å²) in [4.78, 5) is 9.71. The number of hydrogen-bond acceptors (Lipinski definition) is 1. The average Bonchev–Trinajstić information content (AvgIpc) is 1.35. The maximum atomic E-state index is 9.71. The van der Waals surface area contributed by atoms with Crippen molar-refractivity contribution in [1.29, 1.82) is 0 Å². The number of amides is 2. The third-order valence-corrected chi connectivity index (χ3v) is 0.351. The number of nitrogens with one attached hydrogen (secondary N) is 1. The minimum atomic E-state index is -0.461. The number of urea groups is 1. The Bertz CT molecular complexity index is 56.9. The topological polar surface area (TPSA) is 55.1 Å². The summed E-state index contributed by atoms with van der Waals surface area (Å²) in [6, 6.07) is -0.461. The molecule has 0 radical (unpaired) electrons. The molecule has 0 bridgehead atoms. The standard InChI is InChI=1S/C3H8N2O.H2S/c1-2-5-3(4)6;/h2H2,1H3,(H3,4,5,6);1H2. The second-order valence-corrected chi connectivity index (χ2v) is 0.895. The molecule has 0 saturated heterocycles. The molecule has 0 spiro atoms. The van der Waals surface area contributed by atoms with Gasteiger partial charge in [-0.05, 0) is 6.92 Å². The molecule has 0 aromatic rings. The maximum Gasteiger partial charge on any atom is 0.312 e. The molecule has 0 unspecified atom stereocenters. The van der Waals surface area contributed by atoms with E-state index in [1.165, 1.54) is 0 Å². The summed E-state index contributed by atoms with van der Waals surface area (Å²) < 4.78 is 0. The van der Waals surface area contributed by atoms with Crippen LogP contribution in [-0.4, -0.2) is 12.6 Å². The number of carbonyl (C=O) groups is 1. The van der Waals surface area contributed by atoms with Gasteiger partial charge in [0.25, 0.3) is 0 Å². The Morgan fingerprint density at radius 1 is 1.86 bits per heavy atom. The molecule has 2 amide bonds. The van der Waals surface area contributed by atoms with Gasteiger partial charge in [-0.15, -0.1) is 0 Å². The van der Waals surface area contributed by atoms with Crippen molar-refractivity contribution < 1.29 is 4.79 Å². The number of hydrogen-bond donors (Lipinski definition) is 2. The molecule has 7 heavy (non-hydrogen) atoms. The van der Waals surface area contributed by atoms with Crippen molar-refractivity contribution in [3.8, 4) is 0 Å². The van der Waals surface area contributed by atoms with Crippen molar-refractivity contribution in [3.05, 3.63) is 0 Å². The third-order valence-electron chi connectivity index (χ3n) is 0.351. The predicted molar refractivity (Wildman–Crippen MR) is 33.6 cm³/mol. The molecule has 0 atom stereocenters. The summed E-state index contributed by atoms with van der Waals surface area (Å²) in [6.07, 6.45) is 0. The van der Waals surface area contributed by atoms with Gasteiger partial charge in [-0.25, -0.2) is 4.79 Å². The molecular formula is C3H10N2OS. The molecule has 0 aromatic heterocycles. The average molecular weight is 122 g/mol. The van der Waals surface area contributed by atoms with Gasteiger partial charge < -0.3 is 11.1 Å². The lowest BCUT2D eigenvalue weighted by molar-refractivity contribution is 0.249. The fourth-order valence-corrected chi connectivity index (χ4v) is 0.174.